The third-order valence-corrected chi connectivity index (χ3v) is 5.23. The first-order valence-electron chi connectivity index (χ1n) is 9.69. The smallest absolute Gasteiger partial charge is 0.137 e. The second-order valence-electron chi connectivity index (χ2n) is 6.91. The summed E-state index contributed by atoms with van der Waals surface area (Å²) in [6, 6.07) is 21.1. The van der Waals surface area contributed by atoms with E-state index in [2.05, 4.69) is 4.98 Å². The Hall–Kier alpha value is -2.91. The Kier molecular flexibility index (Phi) is 5.77. The fourth-order valence-electron chi connectivity index (χ4n) is 3.42. The highest BCUT2D eigenvalue weighted by Gasteiger charge is 2.10. The van der Waals surface area contributed by atoms with Crippen LogP contribution in [0.5, 0.6) is 5.75 Å². The molecule has 0 saturated carbocycles. The summed E-state index contributed by atoms with van der Waals surface area (Å²) >= 11 is 5.93. The molecule has 4 aromatic rings. The van der Waals surface area contributed by atoms with Crippen LogP contribution in [0.25, 0.3) is 22.0 Å². The third-order valence-electron chi connectivity index (χ3n) is 4.97. The quantitative estimate of drug-likeness (QED) is 0.349. The maximum atomic E-state index is 15.1. The Bertz CT molecular complexity index is 1120. The molecule has 0 aliphatic carbocycles. The summed E-state index contributed by atoms with van der Waals surface area (Å²) in [6.45, 7) is 2.55. The zero-order chi connectivity index (χ0) is 20.2. The molecule has 0 radical (unpaired) electrons. The maximum Gasteiger partial charge on any atom is 0.137 e. The maximum absolute atomic E-state index is 15.1. The average Bonchev–Trinajstić information content (AvgIpc) is 2.75. The lowest BCUT2D eigenvalue weighted by molar-refractivity contribution is 0.339. The van der Waals surface area contributed by atoms with Crippen molar-refractivity contribution in [1.82, 2.24) is 4.98 Å². The van der Waals surface area contributed by atoms with E-state index >= 15 is 4.39 Å². The number of nitrogens with zero attached hydrogens (tertiary/aromatic N) is 1. The Balaban J connectivity index is 1.57. The van der Waals surface area contributed by atoms with Crippen LogP contribution in [-0.4, -0.2) is 11.6 Å². The predicted molar refractivity (Wildman–Crippen MR) is 117 cm³/mol. The predicted octanol–water partition coefficient (Wildman–Crippen LogP) is 6.88. The highest BCUT2D eigenvalue weighted by molar-refractivity contribution is 6.30. The summed E-state index contributed by atoms with van der Waals surface area (Å²) in [7, 11) is 0. The van der Waals surface area contributed by atoms with Crippen LogP contribution in [0.15, 0.2) is 72.9 Å². The molecule has 0 N–H and O–H groups in total. The molecular formula is C25H21ClFNO. The molecule has 0 fully saturated rings. The number of ether oxygens (including phenoxy) is 1. The molecule has 4 rings (SSSR count). The molecule has 0 unspecified atom stereocenters. The van der Waals surface area contributed by atoms with Gasteiger partial charge in [-0.3, -0.25) is 4.98 Å². The summed E-state index contributed by atoms with van der Waals surface area (Å²) < 4.78 is 20.5. The van der Waals surface area contributed by atoms with Crippen LogP contribution in [0, 0.1) is 5.82 Å². The van der Waals surface area contributed by atoms with Crippen molar-refractivity contribution in [1.29, 1.82) is 0 Å². The van der Waals surface area contributed by atoms with Crippen molar-refractivity contribution >= 4 is 22.4 Å². The number of benzene rings is 3. The highest BCUT2D eigenvalue weighted by atomic mass is 35.5. The van der Waals surface area contributed by atoms with Gasteiger partial charge in [0.1, 0.15) is 11.6 Å². The normalized spacial score (nSPS) is 11.0. The lowest BCUT2D eigenvalue weighted by atomic mass is 9.98. The van der Waals surface area contributed by atoms with E-state index in [0.29, 0.717) is 23.4 Å². The van der Waals surface area contributed by atoms with Crippen LogP contribution >= 0.6 is 11.6 Å². The molecule has 2 nitrogen and oxygen atoms in total. The molecular weight excluding hydrogens is 385 g/mol. The zero-order valence-electron chi connectivity index (χ0n) is 16.2. The number of hydrogen-bond donors (Lipinski definition) is 0. The van der Waals surface area contributed by atoms with Crippen molar-refractivity contribution in [2.75, 3.05) is 6.61 Å². The topological polar surface area (TPSA) is 22.1 Å². The van der Waals surface area contributed by atoms with Gasteiger partial charge in [0, 0.05) is 16.0 Å². The van der Waals surface area contributed by atoms with Crippen LogP contribution in [-0.2, 0) is 12.8 Å². The average molecular weight is 406 g/mol. The standard InChI is InChI=1S/C25H21ClFNO/c1-2-29-22-12-14-24(28-16-22)20-9-13-23-19(15-20)8-7-18(25(23)27)6-3-17-4-10-21(26)11-5-17/h4-5,7-16H,2-3,6H2,1H3. The molecule has 0 aliphatic heterocycles. The Labute approximate surface area is 174 Å². The molecule has 0 amide bonds. The van der Waals surface area contributed by atoms with Gasteiger partial charge in [0.25, 0.3) is 0 Å². The fraction of sp³-hybridized carbons (Fsp3) is 0.160. The largest absolute Gasteiger partial charge is 0.492 e. The number of pyridine rings is 1. The van der Waals surface area contributed by atoms with Gasteiger partial charge in [-0.2, -0.15) is 0 Å². The lowest BCUT2D eigenvalue weighted by Crippen LogP contribution is -1.96. The van der Waals surface area contributed by atoms with Crippen molar-refractivity contribution in [2.24, 2.45) is 0 Å². The van der Waals surface area contributed by atoms with Gasteiger partial charge < -0.3 is 4.74 Å². The number of rotatable bonds is 6. The molecule has 4 heteroatoms. The monoisotopic (exact) mass is 405 g/mol. The van der Waals surface area contributed by atoms with E-state index in [1.807, 2.05) is 73.7 Å². The van der Waals surface area contributed by atoms with Gasteiger partial charge in [-0.05, 0) is 66.6 Å². The molecule has 29 heavy (non-hydrogen) atoms. The van der Waals surface area contributed by atoms with Crippen molar-refractivity contribution in [3.8, 4) is 17.0 Å². The molecule has 0 bridgehead atoms. The molecule has 0 atom stereocenters. The number of aryl methyl sites for hydroxylation is 2. The van der Waals surface area contributed by atoms with Crippen molar-refractivity contribution in [3.05, 3.63) is 94.9 Å². The van der Waals surface area contributed by atoms with Crippen molar-refractivity contribution < 1.29 is 9.13 Å². The summed E-state index contributed by atoms with van der Waals surface area (Å²) in [5.74, 6) is 0.594. The summed E-state index contributed by atoms with van der Waals surface area (Å²) in [5.41, 5.74) is 3.65. The van der Waals surface area contributed by atoms with Gasteiger partial charge >= 0.3 is 0 Å². The fourth-order valence-corrected chi connectivity index (χ4v) is 3.55. The van der Waals surface area contributed by atoms with E-state index in [9.17, 15) is 0 Å². The Morgan fingerprint density at radius 1 is 0.931 bits per heavy atom. The van der Waals surface area contributed by atoms with Gasteiger partial charge in [-0.1, -0.05) is 48.0 Å². The molecule has 0 saturated heterocycles. The van der Waals surface area contributed by atoms with Gasteiger partial charge in [0.05, 0.1) is 18.5 Å². The summed E-state index contributed by atoms with van der Waals surface area (Å²) in [4.78, 5) is 4.46. The minimum absolute atomic E-state index is 0.150. The molecule has 3 aromatic carbocycles. The Morgan fingerprint density at radius 3 is 2.48 bits per heavy atom. The van der Waals surface area contributed by atoms with E-state index in [1.165, 1.54) is 0 Å². The summed E-state index contributed by atoms with van der Waals surface area (Å²) in [6.07, 6.45) is 3.13. The van der Waals surface area contributed by atoms with Crippen LogP contribution in [0.1, 0.15) is 18.1 Å². The zero-order valence-corrected chi connectivity index (χ0v) is 16.9. The first-order chi connectivity index (χ1) is 14.1. The van der Waals surface area contributed by atoms with Crippen molar-refractivity contribution in [2.45, 2.75) is 19.8 Å². The van der Waals surface area contributed by atoms with Gasteiger partial charge in [0.2, 0.25) is 0 Å². The van der Waals surface area contributed by atoms with Gasteiger partial charge in [-0.25, -0.2) is 4.39 Å². The minimum atomic E-state index is -0.150. The van der Waals surface area contributed by atoms with Gasteiger partial charge in [-0.15, -0.1) is 0 Å². The second-order valence-corrected chi connectivity index (χ2v) is 7.35. The SMILES string of the molecule is CCOc1ccc(-c2ccc3c(F)c(CCc4ccc(Cl)cc4)ccc3c2)nc1. The molecule has 0 spiro atoms. The number of halogens is 2. The second kappa shape index (κ2) is 8.62. The first-order valence-corrected chi connectivity index (χ1v) is 10.1. The highest BCUT2D eigenvalue weighted by Crippen LogP contribution is 2.28. The van der Waals surface area contributed by atoms with Crippen LogP contribution in [0.3, 0.4) is 0 Å². The number of hydrogen-bond acceptors (Lipinski definition) is 2. The lowest BCUT2D eigenvalue weighted by Gasteiger charge is -2.09. The number of aromatic nitrogens is 1. The van der Waals surface area contributed by atoms with Crippen LogP contribution in [0.4, 0.5) is 4.39 Å². The number of fused-ring (bicyclic) bond motifs is 1. The summed E-state index contributed by atoms with van der Waals surface area (Å²) in [5, 5.41) is 2.21. The minimum Gasteiger partial charge on any atom is -0.492 e. The van der Waals surface area contributed by atoms with Crippen LogP contribution < -0.4 is 4.74 Å². The molecule has 1 aromatic heterocycles. The first kappa shape index (κ1) is 19.4. The van der Waals surface area contributed by atoms with E-state index in [1.54, 1.807) is 6.20 Å². The van der Waals surface area contributed by atoms with E-state index in [4.69, 9.17) is 16.3 Å². The van der Waals surface area contributed by atoms with Gasteiger partial charge in [0.15, 0.2) is 0 Å². The third kappa shape index (κ3) is 4.41. The van der Waals surface area contributed by atoms with Crippen LogP contribution in [0.2, 0.25) is 5.02 Å². The molecule has 0 aliphatic rings. The van der Waals surface area contributed by atoms with E-state index < -0.39 is 0 Å². The molecule has 1 heterocycles. The van der Waals surface area contributed by atoms with E-state index in [-0.39, 0.29) is 5.82 Å². The van der Waals surface area contributed by atoms with E-state index in [0.717, 1.165) is 39.9 Å². The molecule has 146 valence electrons. The van der Waals surface area contributed by atoms with Crippen molar-refractivity contribution in [3.63, 3.8) is 0 Å². The Morgan fingerprint density at radius 2 is 1.76 bits per heavy atom.